The van der Waals surface area contributed by atoms with Crippen LogP contribution in [0.15, 0.2) is 24.5 Å². The number of aromatic amines is 1. The first-order valence-corrected chi connectivity index (χ1v) is 7.34. The van der Waals surface area contributed by atoms with Gasteiger partial charge in [0.25, 0.3) is 0 Å². The van der Waals surface area contributed by atoms with E-state index in [0.717, 1.165) is 45.1 Å². The Morgan fingerprint density at radius 1 is 1.32 bits per heavy atom. The molecule has 0 saturated carbocycles. The Bertz CT molecular complexity index is 590. The van der Waals surface area contributed by atoms with E-state index in [4.69, 9.17) is 0 Å². The van der Waals surface area contributed by atoms with Gasteiger partial charge in [0, 0.05) is 37.1 Å². The van der Waals surface area contributed by atoms with Crippen molar-refractivity contribution in [3.8, 4) is 0 Å². The van der Waals surface area contributed by atoms with Crippen LogP contribution >= 0.6 is 0 Å². The average molecular weight is 313 g/mol. The van der Waals surface area contributed by atoms with Crippen LogP contribution in [-0.4, -0.2) is 44.5 Å². The van der Waals surface area contributed by atoms with E-state index in [2.05, 4.69) is 20.2 Å². The SMILES string of the molecule is FC(F)(F)c1cc([C@@H]2CCCN(CCn3cccn3)C2)[nH]n1. The van der Waals surface area contributed by atoms with Gasteiger partial charge >= 0.3 is 6.18 Å². The molecule has 22 heavy (non-hydrogen) atoms. The summed E-state index contributed by atoms with van der Waals surface area (Å²) in [5, 5.41) is 10.1. The van der Waals surface area contributed by atoms with Crippen LogP contribution in [-0.2, 0) is 12.7 Å². The molecule has 0 radical (unpaired) electrons. The van der Waals surface area contributed by atoms with Crippen LogP contribution < -0.4 is 0 Å². The maximum absolute atomic E-state index is 12.6. The highest BCUT2D eigenvalue weighted by atomic mass is 19.4. The van der Waals surface area contributed by atoms with Gasteiger partial charge in [-0.2, -0.15) is 23.4 Å². The number of hydrogen-bond acceptors (Lipinski definition) is 3. The quantitative estimate of drug-likeness (QED) is 0.943. The topological polar surface area (TPSA) is 49.7 Å². The van der Waals surface area contributed by atoms with E-state index in [1.54, 1.807) is 6.20 Å². The Labute approximate surface area is 126 Å². The lowest BCUT2D eigenvalue weighted by Gasteiger charge is -2.32. The van der Waals surface area contributed by atoms with Crippen LogP contribution in [0.25, 0.3) is 0 Å². The van der Waals surface area contributed by atoms with Crippen LogP contribution in [0.2, 0.25) is 0 Å². The zero-order chi connectivity index (χ0) is 15.6. The minimum Gasteiger partial charge on any atom is -0.301 e. The van der Waals surface area contributed by atoms with E-state index >= 15 is 0 Å². The first kappa shape index (κ1) is 15.1. The van der Waals surface area contributed by atoms with Crippen LogP contribution in [0.1, 0.15) is 30.1 Å². The molecule has 3 rings (SSSR count). The molecule has 1 atom stereocenters. The van der Waals surface area contributed by atoms with Crippen LogP contribution in [0, 0.1) is 0 Å². The summed E-state index contributed by atoms with van der Waals surface area (Å²) in [6, 6.07) is 3.02. The first-order valence-electron chi connectivity index (χ1n) is 7.34. The van der Waals surface area contributed by atoms with Gasteiger partial charge in [0.2, 0.25) is 0 Å². The zero-order valence-electron chi connectivity index (χ0n) is 12.1. The monoisotopic (exact) mass is 313 g/mol. The molecular formula is C14H18F3N5. The standard InChI is InChI=1S/C14H18F3N5/c15-14(16,17)13-9-12(19-20-13)11-3-1-5-21(10-11)7-8-22-6-2-4-18-22/h2,4,6,9,11H,1,3,5,7-8,10H2,(H,19,20)/t11-/m1/s1. The van der Waals surface area contributed by atoms with Gasteiger partial charge in [0.05, 0.1) is 6.54 Å². The third-order valence-electron chi connectivity index (χ3n) is 4.04. The predicted molar refractivity (Wildman–Crippen MR) is 74.2 cm³/mol. The second-order valence-electron chi connectivity index (χ2n) is 5.62. The summed E-state index contributed by atoms with van der Waals surface area (Å²) >= 11 is 0. The van der Waals surface area contributed by atoms with Gasteiger partial charge in [-0.25, -0.2) is 0 Å². The molecule has 120 valence electrons. The minimum absolute atomic E-state index is 0.0787. The molecule has 8 heteroatoms. The molecule has 1 saturated heterocycles. The summed E-state index contributed by atoms with van der Waals surface area (Å²) in [4.78, 5) is 2.27. The number of aromatic nitrogens is 4. The number of nitrogens with one attached hydrogen (secondary N) is 1. The molecule has 2 aromatic heterocycles. The van der Waals surface area contributed by atoms with Crippen molar-refractivity contribution in [3.05, 3.63) is 35.9 Å². The van der Waals surface area contributed by atoms with Crippen molar-refractivity contribution in [2.75, 3.05) is 19.6 Å². The fourth-order valence-corrected chi connectivity index (χ4v) is 2.88. The number of halogens is 3. The van der Waals surface area contributed by atoms with Gasteiger partial charge in [-0.15, -0.1) is 0 Å². The molecule has 2 aromatic rings. The van der Waals surface area contributed by atoms with Crippen molar-refractivity contribution in [3.63, 3.8) is 0 Å². The highest BCUT2D eigenvalue weighted by Crippen LogP contribution is 2.31. The van der Waals surface area contributed by atoms with Crippen molar-refractivity contribution in [2.24, 2.45) is 0 Å². The van der Waals surface area contributed by atoms with E-state index in [1.165, 1.54) is 0 Å². The second kappa shape index (κ2) is 6.12. The third kappa shape index (κ3) is 3.49. The molecule has 0 unspecified atom stereocenters. The van der Waals surface area contributed by atoms with Gasteiger partial charge in [0.1, 0.15) is 0 Å². The molecule has 0 aliphatic carbocycles. The number of nitrogens with zero attached hydrogens (tertiary/aromatic N) is 4. The lowest BCUT2D eigenvalue weighted by atomic mass is 9.94. The van der Waals surface area contributed by atoms with Crippen molar-refractivity contribution in [1.82, 2.24) is 24.9 Å². The van der Waals surface area contributed by atoms with Gasteiger partial charge < -0.3 is 4.90 Å². The highest BCUT2D eigenvalue weighted by molar-refractivity contribution is 5.16. The first-order chi connectivity index (χ1) is 10.5. The Kier molecular flexibility index (Phi) is 4.19. The highest BCUT2D eigenvalue weighted by Gasteiger charge is 2.35. The Morgan fingerprint density at radius 3 is 2.86 bits per heavy atom. The molecule has 0 aromatic carbocycles. The summed E-state index contributed by atoms with van der Waals surface area (Å²) < 4.78 is 39.7. The van der Waals surface area contributed by atoms with Crippen molar-refractivity contribution >= 4 is 0 Å². The molecule has 1 fully saturated rings. The summed E-state index contributed by atoms with van der Waals surface area (Å²) in [5.41, 5.74) is -0.257. The summed E-state index contributed by atoms with van der Waals surface area (Å²) in [7, 11) is 0. The smallest absolute Gasteiger partial charge is 0.301 e. The van der Waals surface area contributed by atoms with Gasteiger partial charge in [-0.1, -0.05) is 0 Å². The van der Waals surface area contributed by atoms with E-state index in [1.807, 2.05) is 16.9 Å². The van der Waals surface area contributed by atoms with E-state index in [0.29, 0.717) is 5.69 Å². The van der Waals surface area contributed by atoms with Crippen molar-refractivity contribution in [2.45, 2.75) is 31.5 Å². The maximum Gasteiger partial charge on any atom is 0.435 e. The number of H-pyrrole nitrogens is 1. The summed E-state index contributed by atoms with van der Waals surface area (Å²) in [5.74, 6) is 0.0787. The molecule has 0 spiro atoms. The molecule has 1 aliphatic rings. The van der Waals surface area contributed by atoms with Gasteiger partial charge in [0.15, 0.2) is 5.69 Å². The lowest BCUT2D eigenvalue weighted by Crippen LogP contribution is -2.36. The van der Waals surface area contributed by atoms with E-state index < -0.39 is 11.9 Å². The summed E-state index contributed by atoms with van der Waals surface area (Å²) in [6.45, 7) is 3.35. The fraction of sp³-hybridized carbons (Fsp3) is 0.571. The van der Waals surface area contributed by atoms with Crippen molar-refractivity contribution in [1.29, 1.82) is 0 Å². The maximum atomic E-state index is 12.6. The van der Waals surface area contributed by atoms with Crippen molar-refractivity contribution < 1.29 is 13.2 Å². The lowest BCUT2D eigenvalue weighted by molar-refractivity contribution is -0.141. The Morgan fingerprint density at radius 2 is 2.18 bits per heavy atom. The predicted octanol–water partition coefficient (Wildman–Crippen LogP) is 2.50. The van der Waals surface area contributed by atoms with Gasteiger partial charge in [-0.3, -0.25) is 9.78 Å². The molecule has 1 N–H and O–H groups in total. The molecule has 5 nitrogen and oxygen atoms in total. The minimum atomic E-state index is -4.39. The average Bonchev–Trinajstić information content (AvgIpc) is 3.16. The number of piperidine rings is 1. The van der Waals surface area contributed by atoms with Crippen LogP contribution in [0.3, 0.4) is 0 Å². The largest absolute Gasteiger partial charge is 0.435 e. The Balaban J connectivity index is 1.59. The van der Waals surface area contributed by atoms with Gasteiger partial charge in [-0.05, 0) is 31.5 Å². The number of rotatable bonds is 4. The number of likely N-dealkylation sites (tertiary alicyclic amines) is 1. The number of hydrogen-bond donors (Lipinski definition) is 1. The number of alkyl halides is 3. The third-order valence-corrected chi connectivity index (χ3v) is 4.04. The fourth-order valence-electron chi connectivity index (χ4n) is 2.88. The zero-order valence-corrected chi connectivity index (χ0v) is 12.1. The normalized spacial score (nSPS) is 20.4. The molecule has 0 amide bonds. The molecule has 3 heterocycles. The Hall–Kier alpha value is -1.83. The van der Waals surface area contributed by atoms with Crippen LogP contribution in [0.5, 0.6) is 0 Å². The molecule has 1 aliphatic heterocycles. The summed E-state index contributed by atoms with van der Waals surface area (Å²) in [6.07, 6.45) is 1.12. The van der Waals surface area contributed by atoms with Crippen LogP contribution in [0.4, 0.5) is 13.2 Å². The van der Waals surface area contributed by atoms with E-state index in [9.17, 15) is 13.2 Å². The molecular weight excluding hydrogens is 295 g/mol. The van der Waals surface area contributed by atoms with E-state index in [-0.39, 0.29) is 5.92 Å². The second-order valence-corrected chi connectivity index (χ2v) is 5.62. The molecule has 0 bridgehead atoms.